The van der Waals surface area contributed by atoms with Crippen molar-refractivity contribution in [2.45, 2.75) is 19.3 Å². The first-order valence-corrected chi connectivity index (χ1v) is 4.71. The topological polar surface area (TPSA) is 37.3 Å². The Hall–Kier alpha value is -1.45. The number of carboxylic acids is 1. The van der Waals surface area contributed by atoms with Crippen LogP contribution in [0.25, 0.3) is 0 Å². The minimum Gasteiger partial charge on any atom is -0.481 e. The Morgan fingerprint density at radius 3 is 2.60 bits per heavy atom. The lowest BCUT2D eigenvalue weighted by Crippen LogP contribution is -2.18. The Bertz CT molecular complexity index is 411. The van der Waals surface area contributed by atoms with Crippen LogP contribution in [0.2, 0.25) is 0 Å². The molecule has 0 aromatic heterocycles. The third-order valence-electron chi connectivity index (χ3n) is 2.84. The molecule has 0 atom stereocenters. The summed E-state index contributed by atoms with van der Waals surface area (Å²) < 4.78 is 26.1. The molecule has 0 aliphatic heterocycles. The molecule has 2 nitrogen and oxygen atoms in total. The number of aliphatic carboxylic acids is 1. The highest BCUT2D eigenvalue weighted by Gasteiger charge is 2.50. The maximum atomic E-state index is 13.2. The molecule has 1 aromatic carbocycles. The molecule has 1 fully saturated rings. The zero-order chi connectivity index (χ0) is 11.1. The summed E-state index contributed by atoms with van der Waals surface area (Å²) in [4.78, 5) is 10.9. The molecule has 1 saturated carbocycles. The molecule has 0 bridgehead atoms. The standard InChI is InChI=1S/C11H10F2O2/c12-8-1-2-9(13)7(5-8)6-11(3-4-11)10(14)15/h1-2,5H,3-4,6H2,(H,14,15). The fourth-order valence-corrected chi connectivity index (χ4v) is 1.66. The lowest BCUT2D eigenvalue weighted by atomic mass is 9.96. The molecule has 1 aliphatic rings. The molecule has 2 rings (SSSR count). The van der Waals surface area contributed by atoms with Crippen molar-refractivity contribution in [3.63, 3.8) is 0 Å². The fourth-order valence-electron chi connectivity index (χ4n) is 1.66. The second-order valence-corrected chi connectivity index (χ2v) is 4.00. The molecular formula is C11H10F2O2. The van der Waals surface area contributed by atoms with E-state index in [1.807, 2.05) is 0 Å². The average molecular weight is 212 g/mol. The van der Waals surface area contributed by atoms with Crippen molar-refractivity contribution in [3.8, 4) is 0 Å². The average Bonchev–Trinajstić information content (AvgIpc) is 2.92. The van der Waals surface area contributed by atoms with Crippen molar-refractivity contribution in [2.75, 3.05) is 0 Å². The van der Waals surface area contributed by atoms with Gasteiger partial charge in [0.2, 0.25) is 0 Å². The van der Waals surface area contributed by atoms with Crippen LogP contribution in [0, 0.1) is 17.0 Å². The second-order valence-electron chi connectivity index (χ2n) is 4.00. The molecule has 4 heteroatoms. The molecular weight excluding hydrogens is 202 g/mol. The largest absolute Gasteiger partial charge is 0.481 e. The van der Waals surface area contributed by atoms with Crippen LogP contribution in [0.15, 0.2) is 18.2 Å². The Kier molecular flexibility index (Phi) is 2.21. The van der Waals surface area contributed by atoms with E-state index in [9.17, 15) is 13.6 Å². The van der Waals surface area contributed by atoms with Crippen molar-refractivity contribution in [2.24, 2.45) is 5.41 Å². The van der Waals surface area contributed by atoms with Gasteiger partial charge in [-0.15, -0.1) is 0 Å². The van der Waals surface area contributed by atoms with Crippen LogP contribution >= 0.6 is 0 Å². The van der Waals surface area contributed by atoms with Gasteiger partial charge in [-0.1, -0.05) is 0 Å². The zero-order valence-corrected chi connectivity index (χ0v) is 7.96. The van der Waals surface area contributed by atoms with Gasteiger partial charge in [-0.25, -0.2) is 8.78 Å². The lowest BCUT2D eigenvalue weighted by Gasteiger charge is -2.10. The van der Waals surface area contributed by atoms with Crippen LogP contribution in [-0.4, -0.2) is 11.1 Å². The van der Waals surface area contributed by atoms with E-state index in [4.69, 9.17) is 5.11 Å². The van der Waals surface area contributed by atoms with E-state index in [1.165, 1.54) is 0 Å². The first kappa shape index (κ1) is 10.1. The summed E-state index contributed by atoms with van der Waals surface area (Å²) in [6.07, 6.45) is 1.16. The van der Waals surface area contributed by atoms with Crippen molar-refractivity contribution in [3.05, 3.63) is 35.4 Å². The van der Waals surface area contributed by atoms with Crippen molar-refractivity contribution in [1.82, 2.24) is 0 Å². The van der Waals surface area contributed by atoms with Crippen LogP contribution in [0.4, 0.5) is 8.78 Å². The van der Waals surface area contributed by atoms with Gasteiger partial charge in [0.25, 0.3) is 0 Å². The first-order valence-electron chi connectivity index (χ1n) is 4.71. The Balaban J connectivity index is 2.24. The van der Waals surface area contributed by atoms with Crippen molar-refractivity contribution in [1.29, 1.82) is 0 Å². The Morgan fingerprint density at radius 1 is 1.40 bits per heavy atom. The van der Waals surface area contributed by atoms with Gasteiger partial charge in [-0.2, -0.15) is 0 Å². The molecule has 0 amide bonds. The quantitative estimate of drug-likeness (QED) is 0.835. The van der Waals surface area contributed by atoms with Gasteiger partial charge >= 0.3 is 5.97 Å². The highest BCUT2D eigenvalue weighted by molar-refractivity contribution is 5.78. The third kappa shape index (κ3) is 1.84. The molecule has 0 unspecified atom stereocenters. The number of hydrogen-bond acceptors (Lipinski definition) is 1. The predicted molar refractivity (Wildman–Crippen MR) is 49.4 cm³/mol. The van der Waals surface area contributed by atoms with Crippen LogP contribution in [-0.2, 0) is 11.2 Å². The van der Waals surface area contributed by atoms with E-state index in [2.05, 4.69) is 0 Å². The third-order valence-corrected chi connectivity index (χ3v) is 2.84. The number of rotatable bonds is 3. The monoisotopic (exact) mass is 212 g/mol. The maximum Gasteiger partial charge on any atom is 0.309 e. The molecule has 1 N–H and O–H groups in total. The van der Waals surface area contributed by atoms with Crippen LogP contribution < -0.4 is 0 Å². The van der Waals surface area contributed by atoms with Gasteiger partial charge in [0.05, 0.1) is 5.41 Å². The number of carboxylic acid groups (broad SMARTS) is 1. The van der Waals surface area contributed by atoms with Crippen LogP contribution in [0.5, 0.6) is 0 Å². The fraction of sp³-hybridized carbons (Fsp3) is 0.364. The van der Waals surface area contributed by atoms with E-state index in [0.29, 0.717) is 12.8 Å². The minimum atomic E-state index is -0.925. The summed E-state index contributed by atoms with van der Waals surface area (Å²) in [5.74, 6) is -2.00. The number of hydrogen-bond donors (Lipinski definition) is 1. The van der Waals surface area contributed by atoms with E-state index in [-0.39, 0.29) is 12.0 Å². The lowest BCUT2D eigenvalue weighted by molar-refractivity contribution is -0.143. The number of halogens is 2. The number of benzene rings is 1. The second kappa shape index (κ2) is 3.29. The smallest absolute Gasteiger partial charge is 0.309 e. The molecule has 1 aromatic rings. The summed E-state index contributed by atoms with van der Waals surface area (Å²) in [6.45, 7) is 0. The van der Waals surface area contributed by atoms with Crippen molar-refractivity contribution < 1.29 is 18.7 Å². The van der Waals surface area contributed by atoms with E-state index in [1.54, 1.807) is 0 Å². The van der Waals surface area contributed by atoms with Crippen LogP contribution in [0.1, 0.15) is 18.4 Å². The van der Waals surface area contributed by atoms with Crippen LogP contribution in [0.3, 0.4) is 0 Å². The first-order chi connectivity index (χ1) is 7.03. The normalized spacial score (nSPS) is 17.5. The number of carbonyl (C=O) groups is 1. The van der Waals surface area contributed by atoms with Gasteiger partial charge in [-0.05, 0) is 43.0 Å². The highest BCUT2D eigenvalue weighted by Crippen LogP contribution is 2.48. The Morgan fingerprint density at radius 2 is 2.07 bits per heavy atom. The Labute approximate surface area is 85.5 Å². The predicted octanol–water partition coefficient (Wildman–Crippen LogP) is 2.37. The summed E-state index contributed by atoms with van der Waals surface area (Å²) in [5.41, 5.74) is -0.704. The molecule has 0 heterocycles. The highest BCUT2D eigenvalue weighted by atomic mass is 19.1. The van der Waals surface area contributed by atoms with E-state index >= 15 is 0 Å². The molecule has 0 saturated heterocycles. The van der Waals surface area contributed by atoms with Gasteiger partial charge in [-0.3, -0.25) is 4.79 Å². The minimum absolute atomic E-state index is 0.0753. The molecule has 0 radical (unpaired) electrons. The SMILES string of the molecule is O=C(O)C1(Cc2cc(F)ccc2F)CC1. The molecule has 80 valence electrons. The zero-order valence-electron chi connectivity index (χ0n) is 7.96. The molecule has 0 spiro atoms. The summed E-state index contributed by atoms with van der Waals surface area (Å²) in [7, 11) is 0. The van der Waals surface area contributed by atoms with Gasteiger partial charge in [0.15, 0.2) is 0 Å². The van der Waals surface area contributed by atoms with E-state index < -0.39 is 23.0 Å². The summed E-state index contributed by atoms with van der Waals surface area (Å²) in [6, 6.07) is 3.13. The van der Waals surface area contributed by atoms with Crippen molar-refractivity contribution >= 4 is 5.97 Å². The molecule has 1 aliphatic carbocycles. The van der Waals surface area contributed by atoms with Gasteiger partial charge in [0, 0.05) is 0 Å². The summed E-state index contributed by atoms with van der Waals surface area (Å²) >= 11 is 0. The molecule has 15 heavy (non-hydrogen) atoms. The van der Waals surface area contributed by atoms with E-state index in [0.717, 1.165) is 18.2 Å². The van der Waals surface area contributed by atoms with Gasteiger partial charge < -0.3 is 5.11 Å². The summed E-state index contributed by atoms with van der Waals surface area (Å²) in [5, 5.41) is 8.91. The van der Waals surface area contributed by atoms with Gasteiger partial charge in [0.1, 0.15) is 11.6 Å². The maximum absolute atomic E-state index is 13.2.